The molecule has 0 aliphatic carbocycles. The molecule has 54 valence electrons. The van der Waals surface area contributed by atoms with Crippen molar-refractivity contribution in [2.75, 3.05) is 13.2 Å². The summed E-state index contributed by atoms with van der Waals surface area (Å²) in [4.78, 5) is 0. The molecule has 3 nitrogen and oxygen atoms in total. The Morgan fingerprint density at radius 2 is 2.44 bits per heavy atom. The average molecular weight is 130 g/mol. The lowest BCUT2D eigenvalue weighted by molar-refractivity contribution is 0.0365. The van der Waals surface area contributed by atoms with Gasteiger partial charge in [-0.25, -0.2) is 0 Å². The molecular formula is C6H14N2O. The summed E-state index contributed by atoms with van der Waals surface area (Å²) < 4.78 is 5.37. The molecule has 1 aliphatic rings. The molecule has 1 saturated heterocycles. The Balaban J connectivity index is 2.05. The Morgan fingerprint density at radius 3 is 2.78 bits per heavy atom. The Hall–Kier alpha value is -0.120. The van der Waals surface area contributed by atoms with Crippen LogP contribution in [0.25, 0.3) is 0 Å². The number of rotatable bonds is 3. The summed E-state index contributed by atoms with van der Waals surface area (Å²) in [5, 5.41) is 3.09. The molecule has 0 aromatic heterocycles. The van der Waals surface area contributed by atoms with Crippen LogP contribution in [-0.4, -0.2) is 24.9 Å². The van der Waals surface area contributed by atoms with Gasteiger partial charge in [0.05, 0.1) is 6.61 Å². The maximum Gasteiger partial charge on any atom is 0.129 e. The van der Waals surface area contributed by atoms with Crippen molar-refractivity contribution in [3.63, 3.8) is 0 Å². The normalized spacial score (nSPS) is 36.3. The van der Waals surface area contributed by atoms with Crippen LogP contribution in [0.2, 0.25) is 0 Å². The zero-order chi connectivity index (χ0) is 6.91. The third-order valence-corrected chi connectivity index (χ3v) is 1.34. The van der Waals surface area contributed by atoms with Gasteiger partial charge in [0.2, 0.25) is 0 Å². The number of ether oxygens (including phenoxy) is 1. The van der Waals surface area contributed by atoms with Crippen molar-refractivity contribution >= 4 is 0 Å². The summed E-state index contributed by atoms with van der Waals surface area (Å²) in [7, 11) is 0. The van der Waals surface area contributed by atoms with Crippen LogP contribution in [0.15, 0.2) is 0 Å². The average Bonchev–Trinajstić information content (AvgIpc) is 2.45. The van der Waals surface area contributed by atoms with E-state index in [4.69, 9.17) is 10.5 Å². The fraction of sp³-hybridized carbons (Fsp3) is 1.00. The van der Waals surface area contributed by atoms with Crippen LogP contribution in [-0.2, 0) is 4.74 Å². The van der Waals surface area contributed by atoms with E-state index in [1.54, 1.807) is 0 Å². The first-order valence-corrected chi connectivity index (χ1v) is 3.27. The highest BCUT2D eigenvalue weighted by atomic mass is 16.5. The molecule has 3 heteroatoms. The largest absolute Gasteiger partial charge is 0.358 e. The monoisotopic (exact) mass is 130 g/mol. The minimum atomic E-state index is -0.0480. The van der Waals surface area contributed by atoms with Gasteiger partial charge in [0.1, 0.15) is 5.72 Å². The van der Waals surface area contributed by atoms with E-state index in [1.165, 1.54) is 0 Å². The van der Waals surface area contributed by atoms with Gasteiger partial charge in [-0.05, 0) is 13.8 Å². The second-order valence-electron chi connectivity index (χ2n) is 2.87. The van der Waals surface area contributed by atoms with Gasteiger partial charge < -0.3 is 10.5 Å². The Bertz CT molecular complexity index is 99.2. The number of hydrogen-bond donors (Lipinski definition) is 2. The Kier molecular flexibility index (Phi) is 1.75. The van der Waals surface area contributed by atoms with E-state index in [0.717, 1.165) is 6.54 Å². The highest BCUT2D eigenvalue weighted by Crippen LogP contribution is 2.16. The molecular weight excluding hydrogens is 116 g/mol. The standard InChI is InChI=1S/C6H14N2O/c1-5(7)3-9-6(2)4-8-6/h5,8H,3-4,7H2,1-2H3. The van der Waals surface area contributed by atoms with Crippen LogP contribution in [0.3, 0.4) is 0 Å². The SMILES string of the molecule is CC(N)COC1(C)CN1. The first-order valence-electron chi connectivity index (χ1n) is 3.27. The molecule has 9 heavy (non-hydrogen) atoms. The zero-order valence-corrected chi connectivity index (χ0v) is 5.98. The van der Waals surface area contributed by atoms with Crippen molar-refractivity contribution in [1.82, 2.24) is 5.32 Å². The molecule has 0 saturated carbocycles. The van der Waals surface area contributed by atoms with Gasteiger partial charge in [-0.15, -0.1) is 0 Å². The van der Waals surface area contributed by atoms with E-state index in [1.807, 2.05) is 13.8 Å². The summed E-state index contributed by atoms with van der Waals surface area (Å²) in [6.07, 6.45) is 0. The maximum atomic E-state index is 5.47. The molecule has 2 atom stereocenters. The Labute approximate surface area is 55.6 Å². The van der Waals surface area contributed by atoms with Crippen LogP contribution in [0, 0.1) is 0 Å². The van der Waals surface area contributed by atoms with E-state index in [-0.39, 0.29) is 11.8 Å². The van der Waals surface area contributed by atoms with Crippen molar-refractivity contribution in [2.24, 2.45) is 5.73 Å². The number of hydrogen-bond acceptors (Lipinski definition) is 3. The van der Waals surface area contributed by atoms with Gasteiger partial charge in [-0.2, -0.15) is 0 Å². The van der Waals surface area contributed by atoms with E-state index in [0.29, 0.717) is 6.61 Å². The molecule has 1 fully saturated rings. The predicted octanol–water partition coefficient (Wildman–Crippen LogP) is -0.330. The first-order chi connectivity index (χ1) is 4.12. The fourth-order valence-corrected chi connectivity index (χ4v) is 0.542. The molecule has 1 rings (SSSR count). The fourth-order valence-electron chi connectivity index (χ4n) is 0.542. The minimum Gasteiger partial charge on any atom is -0.358 e. The highest BCUT2D eigenvalue weighted by molar-refractivity contribution is 4.90. The van der Waals surface area contributed by atoms with Crippen LogP contribution >= 0.6 is 0 Å². The van der Waals surface area contributed by atoms with Crippen molar-refractivity contribution in [1.29, 1.82) is 0 Å². The van der Waals surface area contributed by atoms with E-state index in [9.17, 15) is 0 Å². The molecule has 0 amide bonds. The highest BCUT2D eigenvalue weighted by Gasteiger charge is 2.37. The summed E-state index contributed by atoms with van der Waals surface area (Å²) >= 11 is 0. The van der Waals surface area contributed by atoms with Crippen molar-refractivity contribution in [2.45, 2.75) is 25.6 Å². The number of nitrogens with two attached hydrogens (primary N) is 1. The lowest BCUT2D eigenvalue weighted by atomic mass is 10.4. The van der Waals surface area contributed by atoms with Crippen molar-refractivity contribution in [3.05, 3.63) is 0 Å². The maximum absolute atomic E-state index is 5.47. The summed E-state index contributed by atoms with van der Waals surface area (Å²) in [6, 6.07) is 0.143. The second-order valence-corrected chi connectivity index (χ2v) is 2.87. The third kappa shape index (κ3) is 2.30. The molecule has 0 aromatic rings. The second kappa shape index (κ2) is 2.25. The predicted molar refractivity (Wildman–Crippen MR) is 36.0 cm³/mol. The molecule has 0 spiro atoms. The molecule has 0 radical (unpaired) electrons. The van der Waals surface area contributed by atoms with Gasteiger partial charge in [-0.3, -0.25) is 5.32 Å². The molecule has 0 aromatic carbocycles. The lowest BCUT2D eigenvalue weighted by Crippen LogP contribution is -2.27. The van der Waals surface area contributed by atoms with Gasteiger partial charge in [0, 0.05) is 12.6 Å². The van der Waals surface area contributed by atoms with E-state index < -0.39 is 0 Å². The molecule has 0 bridgehead atoms. The van der Waals surface area contributed by atoms with Crippen molar-refractivity contribution in [3.8, 4) is 0 Å². The van der Waals surface area contributed by atoms with Gasteiger partial charge >= 0.3 is 0 Å². The summed E-state index contributed by atoms with van der Waals surface area (Å²) in [6.45, 7) is 5.56. The van der Waals surface area contributed by atoms with E-state index >= 15 is 0 Å². The Morgan fingerprint density at radius 1 is 1.89 bits per heavy atom. The van der Waals surface area contributed by atoms with Crippen LogP contribution in [0.4, 0.5) is 0 Å². The molecule has 1 aliphatic heterocycles. The third-order valence-electron chi connectivity index (χ3n) is 1.34. The quantitative estimate of drug-likeness (QED) is 0.514. The van der Waals surface area contributed by atoms with Crippen LogP contribution in [0.1, 0.15) is 13.8 Å². The van der Waals surface area contributed by atoms with E-state index in [2.05, 4.69) is 5.32 Å². The van der Waals surface area contributed by atoms with Gasteiger partial charge in [0.25, 0.3) is 0 Å². The minimum absolute atomic E-state index is 0.0480. The van der Waals surface area contributed by atoms with Gasteiger partial charge in [-0.1, -0.05) is 0 Å². The smallest absolute Gasteiger partial charge is 0.129 e. The first kappa shape index (κ1) is 6.99. The van der Waals surface area contributed by atoms with Crippen LogP contribution in [0.5, 0.6) is 0 Å². The number of nitrogens with one attached hydrogen (secondary N) is 1. The van der Waals surface area contributed by atoms with Crippen LogP contribution < -0.4 is 11.1 Å². The lowest BCUT2D eigenvalue weighted by Gasteiger charge is -2.10. The summed E-state index contributed by atoms with van der Waals surface area (Å²) in [5.41, 5.74) is 5.43. The van der Waals surface area contributed by atoms with Crippen molar-refractivity contribution < 1.29 is 4.74 Å². The zero-order valence-electron chi connectivity index (χ0n) is 5.98. The molecule has 2 unspecified atom stereocenters. The summed E-state index contributed by atoms with van der Waals surface area (Å²) in [5.74, 6) is 0. The topological polar surface area (TPSA) is 57.2 Å². The molecule has 3 N–H and O–H groups in total. The van der Waals surface area contributed by atoms with Gasteiger partial charge in [0.15, 0.2) is 0 Å². The molecule has 1 heterocycles.